The van der Waals surface area contributed by atoms with Crippen molar-refractivity contribution in [1.29, 1.82) is 0 Å². The summed E-state index contributed by atoms with van der Waals surface area (Å²) in [5.41, 5.74) is 6.02. The Balaban J connectivity index is 1.59. The Morgan fingerprint density at radius 2 is 1.73 bits per heavy atom. The number of likely N-dealkylation sites (tertiary alicyclic amines) is 1. The number of rotatable bonds is 3. The predicted octanol–water partition coefficient (Wildman–Crippen LogP) is 4.87. The molecule has 2 aliphatic rings. The lowest BCUT2D eigenvalue weighted by Crippen LogP contribution is -2.25. The highest BCUT2D eigenvalue weighted by Crippen LogP contribution is 2.41. The van der Waals surface area contributed by atoms with Gasteiger partial charge in [-0.15, -0.1) is 0 Å². The van der Waals surface area contributed by atoms with Gasteiger partial charge in [-0.25, -0.2) is 0 Å². The maximum Gasteiger partial charge on any atom is 0.00929 e. The first-order valence-corrected chi connectivity index (χ1v) is 8.70. The molecule has 0 radical (unpaired) electrons. The minimum atomic E-state index is 0.695. The predicted molar refractivity (Wildman–Crippen MR) is 93.2 cm³/mol. The quantitative estimate of drug-likeness (QED) is 0.780. The summed E-state index contributed by atoms with van der Waals surface area (Å²) in [6.07, 6.45) is 6.65. The highest BCUT2D eigenvalue weighted by molar-refractivity contribution is 5.73. The zero-order chi connectivity index (χ0) is 14.9. The fraction of sp³-hybridized carbons (Fsp3) is 0.429. The van der Waals surface area contributed by atoms with E-state index in [4.69, 9.17) is 0 Å². The smallest absolute Gasteiger partial charge is 0.00929 e. The van der Waals surface area contributed by atoms with Crippen LogP contribution in [0.15, 0.2) is 48.5 Å². The van der Waals surface area contributed by atoms with Crippen LogP contribution in [0, 0.1) is 0 Å². The van der Waals surface area contributed by atoms with E-state index in [-0.39, 0.29) is 0 Å². The van der Waals surface area contributed by atoms with E-state index in [1.165, 1.54) is 55.3 Å². The van der Waals surface area contributed by atoms with E-state index in [9.17, 15) is 0 Å². The number of nitrogens with zero attached hydrogens (tertiary/aromatic N) is 1. The molecule has 1 heterocycles. The topological polar surface area (TPSA) is 3.24 Å². The highest BCUT2D eigenvalue weighted by Gasteiger charge is 2.26. The summed E-state index contributed by atoms with van der Waals surface area (Å²) >= 11 is 0. The van der Waals surface area contributed by atoms with Crippen LogP contribution in [-0.2, 0) is 6.42 Å². The van der Waals surface area contributed by atoms with Gasteiger partial charge in [-0.1, -0.05) is 48.5 Å². The second kappa shape index (κ2) is 5.89. The van der Waals surface area contributed by atoms with E-state index in [0.717, 1.165) is 6.04 Å². The molecule has 0 bridgehead atoms. The molecule has 1 heteroatoms. The molecule has 2 aromatic carbocycles. The summed E-state index contributed by atoms with van der Waals surface area (Å²) in [6.45, 7) is 1.29. The van der Waals surface area contributed by atoms with Crippen LogP contribution in [0.1, 0.15) is 42.7 Å². The molecule has 1 aliphatic carbocycles. The first-order valence-electron chi connectivity index (χ1n) is 8.70. The van der Waals surface area contributed by atoms with Crippen molar-refractivity contribution in [1.82, 2.24) is 4.90 Å². The third kappa shape index (κ3) is 2.48. The first kappa shape index (κ1) is 14.0. The van der Waals surface area contributed by atoms with E-state index in [1.54, 1.807) is 5.56 Å². The third-order valence-corrected chi connectivity index (χ3v) is 5.69. The van der Waals surface area contributed by atoms with Crippen LogP contribution in [-0.4, -0.2) is 24.5 Å². The van der Waals surface area contributed by atoms with E-state index >= 15 is 0 Å². The molecule has 1 saturated heterocycles. The number of hydrogen-bond acceptors (Lipinski definition) is 1. The normalized spacial score (nSPS) is 24.0. The zero-order valence-electron chi connectivity index (χ0n) is 13.5. The van der Waals surface area contributed by atoms with E-state index in [1.807, 2.05) is 0 Å². The molecule has 114 valence electrons. The van der Waals surface area contributed by atoms with Gasteiger partial charge in [0.05, 0.1) is 0 Å². The second-order valence-corrected chi connectivity index (χ2v) is 7.00. The fourth-order valence-electron chi connectivity index (χ4n) is 4.43. The van der Waals surface area contributed by atoms with Crippen molar-refractivity contribution in [2.24, 2.45) is 0 Å². The molecule has 0 N–H and O–H groups in total. The van der Waals surface area contributed by atoms with Crippen LogP contribution in [0.5, 0.6) is 0 Å². The lowest BCUT2D eigenvalue weighted by Gasteiger charge is -2.29. The van der Waals surface area contributed by atoms with Gasteiger partial charge in [-0.3, -0.25) is 0 Å². The van der Waals surface area contributed by atoms with Crippen molar-refractivity contribution in [3.8, 4) is 11.1 Å². The standard InChI is InChI=1S/C21H25N/c1-22-14-6-8-18(22)13-12-17-15-16-7-2-3-9-19(16)21-11-5-4-10-20(17)21/h2-5,7,9-11,17-18H,6,8,12-15H2,1H3/t17?,18-/m0/s1. The molecule has 1 nitrogen and oxygen atoms in total. The van der Waals surface area contributed by atoms with Crippen LogP contribution >= 0.6 is 0 Å². The number of fused-ring (bicyclic) bond motifs is 3. The average molecular weight is 291 g/mol. The summed E-state index contributed by atoms with van der Waals surface area (Å²) < 4.78 is 0. The minimum Gasteiger partial charge on any atom is -0.303 e. The Bertz CT molecular complexity index is 660. The SMILES string of the molecule is CN1CCC[C@H]1CCC1Cc2ccccc2-c2ccccc21. The number of hydrogen-bond donors (Lipinski definition) is 0. The van der Waals surface area contributed by atoms with Gasteiger partial charge in [-0.2, -0.15) is 0 Å². The van der Waals surface area contributed by atoms with Gasteiger partial charge >= 0.3 is 0 Å². The van der Waals surface area contributed by atoms with Crippen LogP contribution in [0.3, 0.4) is 0 Å². The third-order valence-electron chi connectivity index (χ3n) is 5.69. The van der Waals surface area contributed by atoms with Crippen molar-refractivity contribution in [3.05, 3.63) is 59.7 Å². The molecule has 2 aromatic rings. The summed E-state index contributed by atoms with van der Waals surface area (Å²) in [7, 11) is 2.29. The maximum atomic E-state index is 2.56. The molecule has 4 rings (SSSR count). The van der Waals surface area contributed by atoms with Crippen LogP contribution in [0.25, 0.3) is 11.1 Å². The van der Waals surface area contributed by atoms with Gasteiger partial charge in [-0.05, 0) is 73.9 Å². The molecule has 2 atom stereocenters. The van der Waals surface area contributed by atoms with Crippen LogP contribution < -0.4 is 0 Å². The van der Waals surface area contributed by atoms with Crippen molar-refractivity contribution >= 4 is 0 Å². The first-order chi connectivity index (χ1) is 10.8. The lowest BCUT2D eigenvalue weighted by molar-refractivity contribution is 0.285. The van der Waals surface area contributed by atoms with Crippen LogP contribution in [0.4, 0.5) is 0 Å². The summed E-state index contributed by atoms with van der Waals surface area (Å²) in [5, 5.41) is 0. The highest BCUT2D eigenvalue weighted by atomic mass is 15.1. The summed E-state index contributed by atoms with van der Waals surface area (Å²) in [6, 6.07) is 18.8. The van der Waals surface area contributed by atoms with E-state index in [2.05, 4.69) is 60.5 Å². The van der Waals surface area contributed by atoms with Gasteiger partial charge < -0.3 is 4.90 Å². The van der Waals surface area contributed by atoms with Crippen molar-refractivity contribution in [3.63, 3.8) is 0 Å². The molecule has 0 aromatic heterocycles. The molecule has 0 amide bonds. The fourth-order valence-corrected chi connectivity index (χ4v) is 4.43. The van der Waals surface area contributed by atoms with Crippen molar-refractivity contribution in [2.45, 2.75) is 44.1 Å². The second-order valence-electron chi connectivity index (χ2n) is 7.00. The van der Waals surface area contributed by atoms with E-state index < -0.39 is 0 Å². The van der Waals surface area contributed by atoms with Gasteiger partial charge in [0.2, 0.25) is 0 Å². The van der Waals surface area contributed by atoms with Gasteiger partial charge in [0, 0.05) is 6.04 Å². The zero-order valence-corrected chi connectivity index (χ0v) is 13.5. The maximum absolute atomic E-state index is 2.56. The minimum absolute atomic E-state index is 0.695. The Hall–Kier alpha value is -1.60. The average Bonchev–Trinajstić information content (AvgIpc) is 2.98. The molecule has 22 heavy (non-hydrogen) atoms. The molecular formula is C21H25N. The Labute approximate surface area is 134 Å². The Morgan fingerprint density at radius 1 is 0.955 bits per heavy atom. The largest absolute Gasteiger partial charge is 0.303 e. The molecule has 1 unspecified atom stereocenters. The lowest BCUT2D eigenvalue weighted by atomic mass is 9.76. The Morgan fingerprint density at radius 3 is 2.55 bits per heavy atom. The molecule has 1 fully saturated rings. The van der Waals surface area contributed by atoms with Crippen molar-refractivity contribution < 1.29 is 0 Å². The molecular weight excluding hydrogens is 266 g/mol. The Kier molecular flexibility index (Phi) is 3.75. The molecule has 1 aliphatic heterocycles. The van der Waals surface area contributed by atoms with Gasteiger partial charge in [0.1, 0.15) is 0 Å². The number of benzene rings is 2. The van der Waals surface area contributed by atoms with Gasteiger partial charge in [0.15, 0.2) is 0 Å². The van der Waals surface area contributed by atoms with Gasteiger partial charge in [0.25, 0.3) is 0 Å². The van der Waals surface area contributed by atoms with E-state index in [0.29, 0.717) is 5.92 Å². The molecule has 0 saturated carbocycles. The summed E-state index contributed by atoms with van der Waals surface area (Å²) in [4.78, 5) is 2.56. The van der Waals surface area contributed by atoms with Crippen molar-refractivity contribution in [2.75, 3.05) is 13.6 Å². The van der Waals surface area contributed by atoms with Crippen LogP contribution in [0.2, 0.25) is 0 Å². The summed E-state index contributed by atoms with van der Waals surface area (Å²) in [5.74, 6) is 0.695. The monoisotopic (exact) mass is 291 g/mol. The molecule has 0 spiro atoms.